The summed E-state index contributed by atoms with van der Waals surface area (Å²) in [6.07, 6.45) is 0.619. The van der Waals surface area contributed by atoms with Crippen LogP contribution in [0.25, 0.3) is 0 Å². The van der Waals surface area contributed by atoms with Gasteiger partial charge in [0.1, 0.15) is 5.67 Å². The van der Waals surface area contributed by atoms with E-state index < -0.39 is 5.67 Å². The van der Waals surface area contributed by atoms with Gasteiger partial charge in [-0.2, -0.15) is 0 Å². The Kier molecular flexibility index (Phi) is 4.22. The zero-order chi connectivity index (χ0) is 9.94. The molecule has 1 heteroatoms. The summed E-state index contributed by atoms with van der Waals surface area (Å²) < 4.78 is 14.0. The van der Waals surface area contributed by atoms with E-state index in [-0.39, 0.29) is 5.92 Å². The quantitative estimate of drug-likeness (QED) is 0.603. The van der Waals surface area contributed by atoms with Crippen LogP contribution in [0.1, 0.15) is 48.0 Å². The highest BCUT2D eigenvalue weighted by Gasteiger charge is 2.36. The summed E-state index contributed by atoms with van der Waals surface area (Å²) in [6, 6.07) is 0. The largest absolute Gasteiger partial charge is 0.244 e. The van der Waals surface area contributed by atoms with Crippen molar-refractivity contribution in [2.75, 3.05) is 0 Å². The zero-order valence-corrected chi connectivity index (χ0v) is 9.32. The van der Waals surface area contributed by atoms with Crippen molar-refractivity contribution in [1.29, 1.82) is 0 Å². The van der Waals surface area contributed by atoms with E-state index in [1.54, 1.807) is 6.92 Å². The summed E-state index contributed by atoms with van der Waals surface area (Å²) in [4.78, 5) is 0. The van der Waals surface area contributed by atoms with Crippen molar-refractivity contribution in [3.8, 4) is 0 Å². The van der Waals surface area contributed by atoms with Gasteiger partial charge in [0.25, 0.3) is 0 Å². The van der Waals surface area contributed by atoms with Crippen LogP contribution in [-0.4, -0.2) is 5.67 Å². The minimum Gasteiger partial charge on any atom is -0.244 e. The van der Waals surface area contributed by atoms with Gasteiger partial charge >= 0.3 is 0 Å². The Morgan fingerprint density at radius 1 is 1.08 bits per heavy atom. The molecule has 0 radical (unpaired) electrons. The normalized spacial score (nSPS) is 17.5. The lowest BCUT2D eigenvalue weighted by Crippen LogP contribution is -2.36. The first-order valence-corrected chi connectivity index (χ1v) is 5.01. The van der Waals surface area contributed by atoms with Gasteiger partial charge in [-0.1, -0.05) is 34.6 Å². The molecular formula is C11H23F. The molecule has 0 spiro atoms. The maximum absolute atomic E-state index is 14.0. The standard InChI is InChI=1S/C11H23F/c1-7-11(6,12)10(8(2)3)9(4)5/h8-10H,7H2,1-6H3/t11-/m0/s1. The Morgan fingerprint density at radius 2 is 1.42 bits per heavy atom. The number of hydrogen-bond donors (Lipinski definition) is 0. The fourth-order valence-corrected chi connectivity index (χ4v) is 2.40. The molecule has 0 aliphatic carbocycles. The Hall–Kier alpha value is -0.0700. The van der Waals surface area contributed by atoms with Crippen molar-refractivity contribution >= 4 is 0 Å². The minimum absolute atomic E-state index is 0.183. The van der Waals surface area contributed by atoms with Gasteiger partial charge in [-0.05, 0) is 31.1 Å². The fourth-order valence-electron chi connectivity index (χ4n) is 2.40. The molecule has 0 saturated carbocycles. The summed E-state index contributed by atoms with van der Waals surface area (Å²) in [7, 11) is 0. The molecule has 0 aliphatic rings. The monoisotopic (exact) mass is 174 g/mol. The van der Waals surface area contributed by atoms with Crippen LogP contribution < -0.4 is 0 Å². The van der Waals surface area contributed by atoms with E-state index in [2.05, 4.69) is 27.7 Å². The zero-order valence-electron chi connectivity index (χ0n) is 9.32. The number of rotatable bonds is 4. The molecule has 0 saturated heterocycles. The SMILES string of the molecule is CC[C@](C)(F)C(C(C)C)C(C)C. The van der Waals surface area contributed by atoms with E-state index in [4.69, 9.17) is 0 Å². The molecule has 0 bridgehead atoms. The van der Waals surface area contributed by atoms with Crippen molar-refractivity contribution in [3.05, 3.63) is 0 Å². The van der Waals surface area contributed by atoms with Crippen molar-refractivity contribution in [1.82, 2.24) is 0 Å². The average Bonchev–Trinajstić information content (AvgIpc) is 1.84. The molecule has 0 rings (SSSR count). The van der Waals surface area contributed by atoms with Crippen LogP contribution in [-0.2, 0) is 0 Å². The number of hydrogen-bond acceptors (Lipinski definition) is 0. The third kappa shape index (κ3) is 2.76. The predicted molar refractivity (Wildman–Crippen MR) is 53.0 cm³/mol. The molecule has 1 atom stereocenters. The predicted octanol–water partition coefficient (Wildman–Crippen LogP) is 4.05. The van der Waals surface area contributed by atoms with E-state index in [1.807, 2.05) is 6.92 Å². The number of alkyl halides is 1. The van der Waals surface area contributed by atoms with Crippen LogP contribution in [0.15, 0.2) is 0 Å². The second-order valence-electron chi connectivity index (χ2n) is 4.65. The van der Waals surface area contributed by atoms with Crippen molar-refractivity contribution < 1.29 is 4.39 Å². The highest BCUT2D eigenvalue weighted by Crippen LogP contribution is 2.36. The van der Waals surface area contributed by atoms with Gasteiger partial charge in [-0.3, -0.25) is 0 Å². The molecule has 12 heavy (non-hydrogen) atoms. The summed E-state index contributed by atoms with van der Waals surface area (Å²) in [5.74, 6) is 1.04. The highest BCUT2D eigenvalue weighted by atomic mass is 19.1. The van der Waals surface area contributed by atoms with Gasteiger partial charge < -0.3 is 0 Å². The van der Waals surface area contributed by atoms with Gasteiger partial charge in [0, 0.05) is 0 Å². The Labute approximate surface area is 76.6 Å². The van der Waals surface area contributed by atoms with Gasteiger partial charge in [0.15, 0.2) is 0 Å². The molecular weight excluding hydrogens is 151 g/mol. The van der Waals surface area contributed by atoms with Crippen molar-refractivity contribution in [3.63, 3.8) is 0 Å². The Morgan fingerprint density at radius 3 is 1.50 bits per heavy atom. The topological polar surface area (TPSA) is 0 Å². The molecule has 0 aliphatic heterocycles. The van der Waals surface area contributed by atoms with Gasteiger partial charge in [0.05, 0.1) is 0 Å². The van der Waals surface area contributed by atoms with Gasteiger partial charge in [-0.15, -0.1) is 0 Å². The summed E-state index contributed by atoms with van der Waals surface area (Å²) in [5.41, 5.74) is -0.998. The van der Waals surface area contributed by atoms with Crippen molar-refractivity contribution in [2.24, 2.45) is 17.8 Å². The second kappa shape index (κ2) is 4.25. The molecule has 0 nitrogen and oxygen atoms in total. The second-order valence-corrected chi connectivity index (χ2v) is 4.65. The molecule has 0 amide bonds. The third-order valence-electron chi connectivity index (χ3n) is 2.82. The molecule has 0 aromatic rings. The van der Waals surface area contributed by atoms with Crippen LogP contribution in [0.2, 0.25) is 0 Å². The van der Waals surface area contributed by atoms with E-state index in [1.165, 1.54) is 0 Å². The Bertz CT molecular complexity index is 117. The molecule has 0 aromatic heterocycles. The molecule has 0 N–H and O–H groups in total. The summed E-state index contributed by atoms with van der Waals surface area (Å²) in [6.45, 7) is 12.1. The molecule has 0 aromatic carbocycles. The maximum atomic E-state index is 14.0. The first-order chi connectivity index (χ1) is 5.33. The lowest BCUT2D eigenvalue weighted by Gasteiger charge is -2.35. The van der Waals surface area contributed by atoms with Crippen LogP contribution in [0.4, 0.5) is 4.39 Å². The van der Waals surface area contributed by atoms with E-state index >= 15 is 0 Å². The smallest absolute Gasteiger partial charge is 0.111 e. The fraction of sp³-hybridized carbons (Fsp3) is 1.00. The lowest BCUT2D eigenvalue weighted by atomic mass is 9.74. The van der Waals surface area contributed by atoms with Gasteiger partial charge in [0.2, 0.25) is 0 Å². The molecule has 0 fully saturated rings. The molecule has 74 valence electrons. The van der Waals surface area contributed by atoms with Crippen LogP contribution in [0.5, 0.6) is 0 Å². The van der Waals surface area contributed by atoms with Gasteiger partial charge in [-0.25, -0.2) is 4.39 Å². The molecule has 0 heterocycles. The highest BCUT2D eigenvalue weighted by molar-refractivity contribution is 4.85. The average molecular weight is 174 g/mol. The maximum Gasteiger partial charge on any atom is 0.111 e. The van der Waals surface area contributed by atoms with Crippen LogP contribution in [0, 0.1) is 17.8 Å². The van der Waals surface area contributed by atoms with Crippen LogP contribution >= 0.6 is 0 Å². The summed E-state index contributed by atoms with van der Waals surface area (Å²) in [5, 5.41) is 0. The molecule has 0 unspecified atom stereocenters. The lowest BCUT2D eigenvalue weighted by molar-refractivity contribution is 0.0355. The third-order valence-corrected chi connectivity index (χ3v) is 2.82. The summed E-state index contributed by atoms with van der Waals surface area (Å²) >= 11 is 0. The first kappa shape index (κ1) is 11.9. The first-order valence-electron chi connectivity index (χ1n) is 5.01. The van der Waals surface area contributed by atoms with E-state index in [0.29, 0.717) is 18.3 Å². The van der Waals surface area contributed by atoms with E-state index in [0.717, 1.165) is 0 Å². The number of halogens is 1. The van der Waals surface area contributed by atoms with Crippen LogP contribution in [0.3, 0.4) is 0 Å². The van der Waals surface area contributed by atoms with E-state index in [9.17, 15) is 4.39 Å². The van der Waals surface area contributed by atoms with Crippen molar-refractivity contribution in [2.45, 2.75) is 53.6 Å². The minimum atomic E-state index is -0.998. The Balaban J connectivity index is 4.50.